The lowest BCUT2D eigenvalue weighted by molar-refractivity contribution is 0.919. The molecule has 0 spiro atoms. The van der Waals surface area contributed by atoms with Crippen LogP contribution >= 0.6 is 0 Å². The molecule has 0 radical (unpaired) electrons. The van der Waals surface area contributed by atoms with Crippen molar-refractivity contribution in [2.24, 2.45) is 0 Å². The molecule has 0 aromatic carbocycles. The first-order valence-electron chi connectivity index (χ1n) is 3.76. The van der Waals surface area contributed by atoms with Gasteiger partial charge in [-0.15, -0.1) is 6.58 Å². The molecule has 0 unspecified atom stereocenters. The highest BCUT2D eigenvalue weighted by Crippen LogP contribution is 1.98. The fraction of sp³-hybridized carbons (Fsp3) is 0.375. The van der Waals surface area contributed by atoms with Gasteiger partial charge in [-0.3, -0.25) is 0 Å². The van der Waals surface area contributed by atoms with Crippen molar-refractivity contribution in [2.75, 3.05) is 11.9 Å². The summed E-state index contributed by atoms with van der Waals surface area (Å²) in [6.07, 6.45) is 1.76. The normalized spacial score (nSPS) is 9.50. The third kappa shape index (κ3) is 2.30. The molecule has 0 aliphatic rings. The predicted molar refractivity (Wildman–Crippen MR) is 48.0 cm³/mol. The van der Waals surface area contributed by atoms with E-state index in [2.05, 4.69) is 26.8 Å². The maximum Gasteiger partial charge on any atom is 0.226 e. The van der Waals surface area contributed by atoms with E-state index in [0.29, 0.717) is 12.5 Å². The third-order valence-electron chi connectivity index (χ3n) is 1.26. The van der Waals surface area contributed by atoms with Gasteiger partial charge in [-0.1, -0.05) is 6.08 Å². The summed E-state index contributed by atoms with van der Waals surface area (Å²) in [5.41, 5.74) is 0. The van der Waals surface area contributed by atoms with Crippen molar-refractivity contribution in [1.29, 1.82) is 0 Å². The summed E-state index contributed by atoms with van der Waals surface area (Å²) in [5, 5.41) is 3.00. The van der Waals surface area contributed by atoms with Crippen molar-refractivity contribution < 1.29 is 0 Å². The first-order chi connectivity index (χ1) is 5.72. The van der Waals surface area contributed by atoms with Gasteiger partial charge in [-0.05, 0) is 13.8 Å². The molecule has 1 aromatic heterocycles. The number of nitrogens with zero attached hydrogens (tertiary/aromatic N) is 3. The van der Waals surface area contributed by atoms with E-state index in [1.807, 2.05) is 13.8 Å². The van der Waals surface area contributed by atoms with Crippen LogP contribution in [0.15, 0.2) is 12.7 Å². The van der Waals surface area contributed by atoms with Crippen LogP contribution in [0.1, 0.15) is 11.6 Å². The summed E-state index contributed by atoms with van der Waals surface area (Å²) >= 11 is 0. The molecule has 12 heavy (non-hydrogen) atoms. The van der Waals surface area contributed by atoms with Crippen LogP contribution in [0.3, 0.4) is 0 Å². The second-order valence-corrected chi connectivity index (χ2v) is 2.42. The van der Waals surface area contributed by atoms with Gasteiger partial charge >= 0.3 is 0 Å². The lowest BCUT2D eigenvalue weighted by atomic mass is 10.6. The molecule has 1 rings (SSSR count). The van der Waals surface area contributed by atoms with Gasteiger partial charge < -0.3 is 5.32 Å². The molecule has 64 valence electrons. The van der Waals surface area contributed by atoms with Crippen LogP contribution in [0.4, 0.5) is 5.95 Å². The molecule has 4 heteroatoms. The summed E-state index contributed by atoms with van der Waals surface area (Å²) in [4.78, 5) is 12.2. The Morgan fingerprint density at radius 3 is 2.33 bits per heavy atom. The van der Waals surface area contributed by atoms with E-state index in [1.54, 1.807) is 6.08 Å². The molecule has 0 atom stereocenters. The second-order valence-electron chi connectivity index (χ2n) is 2.42. The summed E-state index contributed by atoms with van der Waals surface area (Å²) in [7, 11) is 0. The summed E-state index contributed by atoms with van der Waals surface area (Å²) in [6, 6.07) is 0. The molecular formula is C8H12N4. The number of aryl methyl sites for hydroxylation is 2. The Labute approximate surface area is 71.8 Å². The van der Waals surface area contributed by atoms with Gasteiger partial charge in [-0.25, -0.2) is 4.98 Å². The highest BCUT2D eigenvalue weighted by atomic mass is 15.1. The summed E-state index contributed by atoms with van der Waals surface area (Å²) < 4.78 is 0. The number of hydrogen-bond acceptors (Lipinski definition) is 4. The summed E-state index contributed by atoms with van der Waals surface area (Å²) in [6.45, 7) is 7.94. The molecule has 1 N–H and O–H groups in total. The predicted octanol–water partition coefficient (Wildman–Crippen LogP) is 1.09. The topological polar surface area (TPSA) is 50.7 Å². The van der Waals surface area contributed by atoms with Crippen LogP contribution in [0.5, 0.6) is 0 Å². The molecular weight excluding hydrogens is 152 g/mol. The van der Waals surface area contributed by atoms with Gasteiger partial charge in [0.25, 0.3) is 0 Å². The van der Waals surface area contributed by atoms with Crippen LogP contribution in [-0.4, -0.2) is 21.5 Å². The van der Waals surface area contributed by atoms with Gasteiger partial charge in [0.15, 0.2) is 0 Å². The van der Waals surface area contributed by atoms with Crippen LogP contribution < -0.4 is 5.32 Å². The van der Waals surface area contributed by atoms with Crippen molar-refractivity contribution in [2.45, 2.75) is 13.8 Å². The largest absolute Gasteiger partial charge is 0.351 e. The minimum atomic E-state index is 0.611. The number of anilines is 1. The maximum absolute atomic E-state index is 4.09. The van der Waals surface area contributed by atoms with Gasteiger partial charge in [0, 0.05) is 6.54 Å². The molecule has 0 fully saturated rings. The Bertz CT molecular complexity index is 262. The first-order valence-corrected chi connectivity index (χ1v) is 3.76. The lowest BCUT2D eigenvalue weighted by Crippen LogP contribution is -2.06. The average Bonchev–Trinajstić information content (AvgIpc) is 1.99. The van der Waals surface area contributed by atoms with Gasteiger partial charge in [0.2, 0.25) is 5.95 Å². The van der Waals surface area contributed by atoms with Gasteiger partial charge in [0.1, 0.15) is 11.6 Å². The standard InChI is InChI=1S/C8H12N4/c1-4-5-9-8-11-6(2)10-7(3)12-8/h4H,1,5H2,2-3H3,(H,9,10,11,12). The molecule has 0 aliphatic heterocycles. The van der Waals surface area contributed by atoms with Crippen LogP contribution in [0, 0.1) is 13.8 Å². The quantitative estimate of drug-likeness (QED) is 0.679. The smallest absolute Gasteiger partial charge is 0.226 e. The van der Waals surface area contributed by atoms with E-state index in [1.165, 1.54) is 0 Å². The molecule has 0 saturated carbocycles. The zero-order valence-electron chi connectivity index (χ0n) is 7.33. The molecule has 0 bridgehead atoms. The minimum absolute atomic E-state index is 0.611. The molecule has 0 aliphatic carbocycles. The fourth-order valence-electron chi connectivity index (χ4n) is 0.858. The fourth-order valence-corrected chi connectivity index (χ4v) is 0.858. The number of nitrogens with one attached hydrogen (secondary N) is 1. The minimum Gasteiger partial charge on any atom is -0.351 e. The van der Waals surface area contributed by atoms with E-state index in [0.717, 1.165) is 11.6 Å². The van der Waals surface area contributed by atoms with Crippen molar-refractivity contribution >= 4 is 5.95 Å². The first kappa shape index (κ1) is 8.64. The monoisotopic (exact) mass is 164 g/mol. The van der Waals surface area contributed by atoms with Crippen molar-refractivity contribution in [3.05, 3.63) is 24.3 Å². The van der Waals surface area contributed by atoms with Crippen LogP contribution in [-0.2, 0) is 0 Å². The molecule has 1 heterocycles. The van der Waals surface area contributed by atoms with E-state index in [4.69, 9.17) is 0 Å². The highest BCUT2D eigenvalue weighted by Gasteiger charge is 1.97. The zero-order valence-corrected chi connectivity index (χ0v) is 7.33. The summed E-state index contributed by atoms with van der Waals surface area (Å²) in [5.74, 6) is 2.07. The molecule has 0 amide bonds. The van der Waals surface area contributed by atoms with Crippen molar-refractivity contribution in [3.63, 3.8) is 0 Å². The maximum atomic E-state index is 4.09. The molecule has 1 aromatic rings. The Morgan fingerprint density at radius 1 is 1.25 bits per heavy atom. The van der Waals surface area contributed by atoms with E-state index in [9.17, 15) is 0 Å². The molecule has 0 saturated heterocycles. The Hall–Kier alpha value is -1.45. The van der Waals surface area contributed by atoms with Crippen LogP contribution in [0.25, 0.3) is 0 Å². The lowest BCUT2D eigenvalue weighted by Gasteiger charge is -2.02. The van der Waals surface area contributed by atoms with E-state index >= 15 is 0 Å². The molecule has 4 nitrogen and oxygen atoms in total. The number of aromatic nitrogens is 3. The third-order valence-corrected chi connectivity index (χ3v) is 1.26. The number of rotatable bonds is 3. The van der Waals surface area contributed by atoms with Gasteiger partial charge in [-0.2, -0.15) is 9.97 Å². The van der Waals surface area contributed by atoms with Crippen LogP contribution in [0.2, 0.25) is 0 Å². The second kappa shape index (κ2) is 3.80. The Kier molecular flexibility index (Phi) is 2.74. The number of hydrogen-bond donors (Lipinski definition) is 1. The Morgan fingerprint density at radius 2 is 1.83 bits per heavy atom. The zero-order chi connectivity index (χ0) is 8.97. The highest BCUT2D eigenvalue weighted by molar-refractivity contribution is 5.24. The average molecular weight is 164 g/mol. The van der Waals surface area contributed by atoms with E-state index in [-0.39, 0.29) is 0 Å². The van der Waals surface area contributed by atoms with Crippen molar-refractivity contribution in [1.82, 2.24) is 15.0 Å². The van der Waals surface area contributed by atoms with Gasteiger partial charge in [0.05, 0.1) is 0 Å². The van der Waals surface area contributed by atoms with E-state index < -0.39 is 0 Å². The SMILES string of the molecule is C=CCNc1nc(C)nc(C)n1. The van der Waals surface area contributed by atoms with Crippen molar-refractivity contribution in [3.8, 4) is 0 Å². The Balaban J connectivity index is 2.78.